The van der Waals surface area contributed by atoms with Crippen LogP contribution in [0.3, 0.4) is 0 Å². The average molecular weight is 216 g/mol. The highest BCUT2D eigenvalue weighted by atomic mass is 79.9. The summed E-state index contributed by atoms with van der Waals surface area (Å²) in [6, 6.07) is 4.15. The Kier molecular flexibility index (Phi) is 2.47. The molecule has 1 nitrogen and oxygen atoms in total. The predicted molar refractivity (Wildman–Crippen MR) is 46.0 cm³/mol. The molecular formula is C7H6BrNS. The van der Waals surface area contributed by atoms with Crippen LogP contribution in [-0.2, 0) is 0 Å². The van der Waals surface area contributed by atoms with E-state index in [1.54, 1.807) is 11.3 Å². The Hall–Kier alpha value is -0.330. The SMILES string of the molecule is CC(C#N)c1sccc1Br. The number of hydrogen-bond acceptors (Lipinski definition) is 2. The third kappa shape index (κ3) is 1.39. The first-order chi connectivity index (χ1) is 4.75. The van der Waals surface area contributed by atoms with Gasteiger partial charge in [0.15, 0.2) is 0 Å². The maximum absolute atomic E-state index is 8.57. The summed E-state index contributed by atoms with van der Waals surface area (Å²) in [4.78, 5) is 1.11. The number of halogens is 1. The summed E-state index contributed by atoms with van der Waals surface area (Å²) in [5.41, 5.74) is 0. The molecule has 3 heteroatoms. The maximum atomic E-state index is 8.57. The highest BCUT2D eigenvalue weighted by Gasteiger charge is 2.08. The van der Waals surface area contributed by atoms with Gasteiger partial charge in [0.05, 0.1) is 12.0 Å². The standard InChI is InChI=1S/C7H6BrNS/c1-5(4-9)7-6(8)2-3-10-7/h2-3,5H,1H3. The molecule has 52 valence electrons. The fourth-order valence-electron chi connectivity index (χ4n) is 0.673. The van der Waals surface area contributed by atoms with Crippen LogP contribution >= 0.6 is 27.3 Å². The maximum Gasteiger partial charge on any atom is 0.0789 e. The summed E-state index contributed by atoms with van der Waals surface area (Å²) in [5.74, 6) is 0.00868. The van der Waals surface area contributed by atoms with Crippen LogP contribution in [-0.4, -0.2) is 0 Å². The molecule has 1 unspecified atom stereocenters. The van der Waals surface area contributed by atoms with Gasteiger partial charge in [0.25, 0.3) is 0 Å². The third-order valence-corrected chi connectivity index (χ3v) is 3.29. The van der Waals surface area contributed by atoms with Crippen LogP contribution in [0.25, 0.3) is 0 Å². The molecule has 0 amide bonds. The van der Waals surface area contributed by atoms with Crippen LogP contribution < -0.4 is 0 Å². The summed E-state index contributed by atoms with van der Waals surface area (Å²) in [6.07, 6.45) is 0. The van der Waals surface area contributed by atoms with Crippen LogP contribution in [0.2, 0.25) is 0 Å². The Labute approximate surface area is 72.4 Å². The summed E-state index contributed by atoms with van der Waals surface area (Å²) in [5, 5.41) is 10.5. The topological polar surface area (TPSA) is 23.8 Å². The Morgan fingerprint density at radius 2 is 2.50 bits per heavy atom. The molecule has 0 aliphatic rings. The monoisotopic (exact) mass is 215 g/mol. The second-order valence-electron chi connectivity index (χ2n) is 1.98. The minimum atomic E-state index is 0.00868. The van der Waals surface area contributed by atoms with E-state index in [0.29, 0.717) is 0 Å². The fourth-order valence-corrected chi connectivity index (χ4v) is 2.39. The zero-order valence-corrected chi connectivity index (χ0v) is 7.87. The second-order valence-corrected chi connectivity index (χ2v) is 3.79. The molecular weight excluding hydrogens is 210 g/mol. The zero-order valence-electron chi connectivity index (χ0n) is 5.47. The van der Waals surface area contributed by atoms with Gasteiger partial charge in [-0.1, -0.05) is 0 Å². The van der Waals surface area contributed by atoms with E-state index < -0.39 is 0 Å². The van der Waals surface area contributed by atoms with Gasteiger partial charge in [-0.3, -0.25) is 0 Å². The van der Waals surface area contributed by atoms with E-state index in [0.717, 1.165) is 9.35 Å². The van der Waals surface area contributed by atoms with Crippen molar-refractivity contribution in [1.82, 2.24) is 0 Å². The Morgan fingerprint density at radius 3 is 2.90 bits per heavy atom. The van der Waals surface area contributed by atoms with Crippen molar-refractivity contribution in [1.29, 1.82) is 5.26 Å². The van der Waals surface area contributed by atoms with Crippen molar-refractivity contribution in [3.8, 4) is 6.07 Å². The molecule has 0 aromatic carbocycles. The molecule has 1 aromatic heterocycles. The Balaban J connectivity index is 2.96. The van der Waals surface area contributed by atoms with Gasteiger partial charge in [0.1, 0.15) is 0 Å². The average Bonchev–Trinajstić information content (AvgIpc) is 2.34. The Morgan fingerprint density at radius 1 is 1.80 bits per heavy atom. The number of nitrogens with zero attached hydrogens (tertiary/aromatic N) is 1. The normalized spacial score (nSPS) is 12.5. The number of thiophene rings is 1. The number of nitriles is 1. The third-order valence-electron chi connectivity index (χ3n) is 1.23. The quantitative estimate of drug-likeness (QED) is 0.707. The molecule has 1 rings (SSSR count). The van der Waals surface area contributed by atoms with E-state index in [-0.39, 0.29) is 5.92 Å². The van der Waals surface area contributed by atoms with Gasteiger partial charge in [-0.2, -0.15) is 5.26 Å². The van der Waals surface area contributed by atoms with Crippen molar-refractivity contribution >= 4 is 27.3 Å². The molecule has 1 atom stereocenters. The van der Waals surface area contributed by atoms with E-state index in [2.05, 4.69) is 22.0 Å². The Bertz CT molecular complexity index is 261. The molecule has 0 spiro atoms. The molecule has 1 heterocycles. The lowest BCUT2D eigenvalue weighted by atomic mass is 10.2. The van der Waals surface area contributed by atoms with Gasteiger partial charge in [-0.25, -0.2) is 0 Å². The van der Waals surface area contributed by atoms with E-state index >= 15 is 0 Å². The predicted octanol–water partition coefficient (Wildman–Crippen LogP) is 3.14. The minimum Gasteiger partial charge on any atom is -0.198 e. The lowest BCUT2D eigenvalue weighted by molar-refractivity contribution is 1.01. The summed E-state index contributed by atoms with van der Waals surface area (Å²) >= 11 is 4.98. The lowest BCUT2D eigenvalue weighted by Crippen LogP contribution is -1.83. The van der Waals surface area contributed by atoms with Crippen LogP contribution in [0, 0.1) is 11.3 Å². The first kappa shape index (κ1) is 7.77. The van der Waals surface area contributed by atoms with E-state index in [9.17, 15) is 0 Å². The van der Waals surface area contributed by atoms with Gasteiger partial charge in [-0.15, -0.1) is 11.3 Å². The first-order valence-corrected chi connectivity index (χ1v) is 4.55. The van der Waals surface area contributed by atoms with Crippen molar-refractivity contribution in [2.45, 2.75) is 12.8 Å². The van der Waals surface area contributed by atoms with Gasteiger partial charge in [-0.05, 0) is 34.3 Å². The summed E-state index contributed by atoms with van der Waals surface area (Å²) < 4.78 is 1.05. The zero-order chi connectivity index (χ0) is 7.56. The molecule has 0 saturated carbocycles. The van der Waals surface area contributed by atoms with Crippen molar-refractivity contribution < 1.29 is 0 Å². The van der Waals surface area contributed by atoms with E-state index in [1.165, 1.54) is 0 Å². The van der Waals surface area contributed by atoms with Crippen molar-refractivity contribution in [2.75, 3.05) is 0 Å². The van der Waals surface area contributed by atoms with Crippen molar-refractivity contribution in [3.05, 3.63) is 20.8 Å². The van der Waals surface area contributed by atoms with E-state index in [1.807, 2.05) is 18.4 Å². The molecule has 0 aliphatic carbocycles. The highest BCUT2D eigenvalue weighted by molar-refractivity contribution is 9.10. The minimum absolute atomic E-state index is 0.00868. The molecule has 0 saturated heterocycles. The van der Waals surface area contributed by atoms with Gasteiger partial charge in [0.2, 0.25) is 0 Å². The van der Waals surface area contributed by atoms with Crippen LogP contribution in [0.15, 0.2) is 15.9 Å². The molecule has 1 aromatic rings. The molecule has 10 heavy (non-hydrogen) atoms. The molecule has 0 fully saturated rings. The summed E-state index contributed by atoms with van der Waals surface area (Å²) in [6.45, 7) is 1.90. The van der Waals surface area contributed by atoms with Crippen LogP contribution in [0.5, 0.6) is 0 Å². The lowest BCUT2D eigenvalue weighted by Gasteiger charge is -1.96. The summed E-state index contributed by atoms with van der Waals surface area (Å²) in [7, 11) is 0. The van der Waals surface area contributed by atoms with Crippen molar-refractivity contribution in [2.24, 2.45) is 0 Å². The van der Waals surface area contributed by atoms with Crippen molar-refractivity contribution in [3.63, 3.8) is 0 Å². The molecule has 0 bridgehead atoms. The van der Waals surface area contributed by atoms with Crippen LogP contribution in [0.1, 0.15) is 17.7 Å². The molecule has 0 aliphatic heterocycles. The number of rotatable bonds is 1. The second kappa shape index (κ2) is 3.18. The van der Waals surface area contributed by atoms with Crippen LogP contribution in [0.4, 0.5) is 0 Å². The molecule has 0 radical (unpaired) electrons. The fraction of sp³-hybridized carbons (Fsp3) is 0.286. The van der Waals surface area contributed by atoms with Gasteiger partial charge >= 0.3 is 0 Å². The van der Waals surface area contributed by atoms with Gasteiger partial charge < -0.3 is 0 Å². The number of hydrogen-bond donors (Lipinski definition) is 0. The molecule has 0 N–H and O–H groups in total. The highest BCUT2D eigenvalue weighted by Crippen LogP contribution is 2.29. The smallest absolute Gasteiger partial charge is 0.0789 e. The van der Waals surface area contributed by atoms with E-state index in [4.69, 9.17) is 5.26 Å². The first-order valence-electron chi connectivity index (χ1n) is 2.88. The van der Waals surface area contributed by atoms with Gasteiger partial charge in [0, 0.05) is 9.35 Å². The largest absolute Gasteiger partial charge is 0.198 e.